The molecule has 0 aromatic heterocycles. The standard InChI is InChI=1S/C8H12O4/c1-3-4-6(8(11)12)5(2)7(9)10/h4-5H,3H2,1-2H3,(H,9,10)(H,11,12). The number of hydrogen-bond donors (Lipinski definition) is 2. The molecule has 4 heteroatoms. The van der Waals surface area contributed by atoms with Crippen molar-refractivity contribution in [1.29, 1.82) is 0 Å². The SMILES string of the molecule is CCC=C(C(=O)O)C(C)C(=O)O. The minimum atomic E-state index is -1.16. The Bertz CT molecular complexity index is 217. The molecule has 2 N–H and O–H groups in total. The molecular weight excluding hydrogens is 160 g/mol. The second-order valence-corrected chi connectivity index (χ2v) is 2.43. The zero-order valence-corrected chi connectivity index (χ0v) is 7.07. The molecule has 0 fully saturated rings. The predicted octanol–water partition coefficient (Wildman–Crippen LogP) is 1.13. The number of carboxylic acid groups (broad SMARTS) is 2. The maximum absolute atomic E-state index is 10.5. The summed E-state index contributed by atoms with van der Waals surface area (Å²) in [4.78, 5) is 20.9. The molecule has 0 radical (unpaired) electrons. The number of allylic oxidation sites excluding steroid dienone is 1. The van der Waals surface area contributed by atoms with E-state index in [0.717, 1.165) is 0 Å². The van der Waals surface area contributed by atoms with Gasteiger partial charge in [0.05, 0.1) is 5.92 Å². The molecule has 68 valence electrons. The van der Waals surface area contributed by atoms with Crippen molar-refractivity contribution in [2.24, 2.45) is 5.92 Å². The lowest BCUT2D eigenvalue weighted by molar-refractivity contribution is -0.143. The van der Waals surface area contributed by atoms with Gasteiger partial charge >= 0.3 is 11.9 Å². The molecule has 0 heterocycles. The number of rotatable bonds is 4. The minimum absolute atomic E-state index is 0.0509. The van der Waals surface area contributed by atoms with Crippen molar-refractivity contribution in [1.82, 2.24) is 0 Å². The average Bonchev–Trinajstić information content (AvgIpc) is 1.98. The quantitative estimate of drug-likeness (QED) is 0.623. The van der Waals surface area contributed by atoms with Crippen molar-refractivity contribution in [2.75, 3.05) is 0 Å². The third kappa shape index (κ3) is 2.74. The second kappa shape index (κ2) is 4.54. The number of hydrogen-bond acceptors (Lipinski definition) is 2. The highest BCUT2D eigenvalue weighted by molar-refractivity contribution is 5.93. The molecule has 1 atom stereocenters. The van der Waals surface area contributed by atoms with Crippen LogP contribution in [-0.4, -0.2) is 22.2 Å². The van der Waals surface area contributed by atoms with Gasteiger partial charge < -0.3 is 10.2 Å². The first-order valence-electron chi connectivity index (χ1n) is 3.66. The summed E-state index contributed by atoms with van der Waals surface area (Å²) in [6.07, 6.45) is 1.94. The van der Waals surface area contributed by atoms with Gasteiger partial charge in [-0.05, 0) is 13.3 Å². The van der Waals surface area contributed by atoms with Crippen molar-refractivity contribution in [3.05, 3.63) is 11.6 Å². The van der Waals surface area contributed by atoms with E-state index in [-0.39, 0.29) is 5.57 Å². The molecule has 0 bridgehead atoms. The Balaban J connectivity index is 4.63. The summed E-state index contributed by atoms with van der Waals surface area (Å²) >= 11 is 0. The molecule has 0 saturated heterocycles. The van der Waals surface area contributed by atoms with Gasteiger partial charge in [-0.25, -0.2) is 4.79 Å². The second-order valence-electron chi connectivity index (χ2n) is 2.43. The van der Waals surface area contributed by atoms with Crippen LogP contribution < -0.4 is 0 Å². The molecule has 0 aliphatic rings. The first kappa shape index (κ1) is 10.7. The van der Waals surface area contributed by atoms with Crippen LogP contribution >= 0.6 is 0 Å². The molecule has 0 amide bonds. The summed E-state index contributed by atoms with van der Waals surface area (Å²) in [6, 6.07) is 0. The van der Waals surface area contributed by atoms with Crippen LogP contribution in [0.2, 0.25) is 0 Å². The zero-order chi connectivity index (χ0) is 9.72. The van der Waals surface area contributed by atoms with Crippen molar-refractivity contribution in [2.45, 2.75) is 20.3 Å². The van der Waals surface area contributed by atoms with E-state index < -0.39 is 17.9 Å². The fourth-order valence-electron chi connectivity index (χ4n) is 0.802. The summed E-state index contributed by atoms with van der Waals surface area (Å²) in [5.74, 6) is -3.22. The summed E-state index contributed by atoms with van der Waals surface area (Å²) in [5, 5.41) is 17.1. The molecule has 12 heavy (non-hydrogen) atoms. The molecule has 0 spiro atoms. The highest BCUT2D eigenvalue weighted by atomic mass is 16.4. The van der Waals surface area contributed by atoms with Crippen LogP contribution in [-0.2, 0) is 9.59 Å². The molecule has 0 aromatic rings. The van der Waals surface area contributed by atoms with Gasteiger partial charge in [-0.2, -0.15) is 0 Å². The van der Waals surface area contributed by atoms with Crippen LogP contribution in [0.25, 0.3) is 0 Å². The van der Waals surface area contributed by atoms with Gasteiger partial charge in [-0.15, -0.1) is 0 Å². The first-order valence-corrected chi connectivity index (χ1v) is 3.66. The molecule has 0 rings (SSSR count). The molecule has 1 unspecified atom stereocenters. The van der Waals surface area contributed by atoms with E-state index in [1.54, 1.807) is 6.92 Å². The largest absolute Gasteiger partial charge is 0.481 e. The number of aliphatic carboxylic acids is 2. The summed E-state index contributed by atoms with van der Waals surface area (Å²) in [5.41, 5.74) is -0.0509. The maximum Gasteiger partial charge on any atom is 0.332 e. The third-order valence-electron chi connectivity index (χ3n) is 1.51. The zero-order valence-electron chi connectivity index (χ0n) is 7.07. The Morgan fingerprint density at radius 3 is 2.17 bits per heavy atom. The highest BCUT2D eigenvalue weighted by Crippen LogP contribution is 2.11. The van der Waals surface area contributed by atoms with Crippen LogP contribution in [0.5, 0.6) is 0 Å². The molecular formula is C8H12O4. The molecule has 0 saturated carbocycles. The van der Waals surface area contributed by atoms with Crippen molar-refractivity contribution >= 4 is 11.9 Å². The molecule has 0 aliphatic carbocycles. The third-order valence-corrected chi connectivity index (χ3v) is 1.51. The first-order chi connectivity index (χ1) is 5.50. The summed E-state index contributed by atoms with van der Waals surface area (Å²) in [7, 11) is 0. The van der Waals surface area contributed by atoms with Crippen LogP contribution in [0, 0.1) is 5.92 Å². The normalized spacial score (nSPS) is 14.0. The Morgan fingerprint density at radius 2 is 1.92 bits per heavy atom. The van der Waals surface area contributed by atoms with Gasteiger partial charge in [0.25, 0.3) is 0 Å². The topological polar surface area (TPSA) is 74.6 Å². The Hall–Kier alpha value is -1.32. The Labute approximate surface area is 70.5 Å². The van der Waals surface area contributed by atoms with E-state index in [1.165, 1.54) is 13.0 Å². The smallest absolute Gasteiger partial charge is 0.332 e. The van der Waals surface area contributed by atoms with Crippen LogP contribution in [0.4, 0.5) is 0 Å². The fraction of sp³-hybridized carbons (Fsp3) is 0.500. The minimum Gasteiger partial charge on any atom is -0.481 e. The molecule has 4 nitrogen and oxygen atoms in total. The van der Waals surface area contributed by atoms with Crippen LogP contribution in [0.3, 0.4) is 0 Å². The number of carboxylic acids is 2. The monoisotopic (exact) mass is 172 g/mol. The lowest BCUT2D eigenvalue weighted by Crippen LogP contribution is -2.18. The average molecular weight is 172 g/mol. The lowest BCUT2D eigenvalue weighted by Gasteiger charge is -2.05. The van der Waals surface area contributed by atoms with Gasteiger partial charge in [0.1, 0.15) is 0 Å². The van der Waals surface area contributed by atoms with Crippen molar-refractivity contribution in [3.8, 4) is 0 Å². The predicted molar refractivity (Wildman–Crippen MR) is 42.8 cm³/mol. The van der Waals surface area contributed by atoms with E-state index >= 15 is 0 Å². The van der Waals surface area contributed by atoms with E-state index in [4.69, 9.17) is 10.2 Å². The summed E-state index contributed by atoms with van der Waals surface area (Å²) < 4.78 is 0. The van der Waals surface area contributed by atoms with Gasteiger partial charge in [0.2, 0.25) is 0 Å². The Morgan fingerprint density at radius 1 is 1.42 bits per heavy atom. The van der Waals surface area contributed by atoms with Gasteiger partial charge in [-0.1, -0.05) is 13.0 Å². The fourth-order valence-corrected chi connectivity index (χ4v) is 0.802. The van der Waals surface area contributed by atoms with Gasteiger partial charge in [0, 0.05) is 5.57 Å². The van der Waals surface area contributed by atoms with Gasteiger partial charge in [-0.3, -0.25) is 4.79 Å². The molecule has 0 aliphatic heterocycles. The van der Waals surface area contributed by atoms with Crippen molar-refractivity contribution in [3.63, 3.8) is 0 Å². The van der Waals surface area contributed by atoms with E-state index in [1.807, 2.05) is 0 Å². The van der Waals surface area contributed by atoms with E-state index in [9.17, 15) is 9.59 Å². The van der Waals surface area contributed by atoms with Gasteiger partial charge in [0.15, 0.2) is 0 Å². The Kier molecular flexibility index (Phi) is 4.04. The van der Waals surface area contributed by atoms with E-state index in [2.05, 4.69) is 0 Å². The number of carbonyl (C=O) groups is 2. The molecule has 0 aromatic carbocycles. The highest BCUT2D eigenvalue weighted by Gasteiger charge is 2.21. The lowest BCUT2D eigenvalue weighted by atomic mass is 10.0. The van der Waals surface area contributed by atoms with Crippen molar-refractivity contribution < 1.29 is 19.8 Å². The maximum atomic E-state index is 10.5. The van der Waals surface area contributed by atoms with E-state index in [0.29, 0.717) is 6.42 Å². The van der Waals surface area contributed by atoms with Crippen LogP contribution in [0.15, 0.2) is 11.6 Å². The summed E-state index contributed by atoms with van der Waals surface area (Å²) in [6.45, 7) is 3.12. The van der Waals surface area contributed by atoms with Crippen LogP contribution in [0.1, 0.15) is 20.3 Å².